The summed E-state index contributed by atoms with van der Waals surface area (Å²) in [5.41, 5.74) is 9.88. The van der Waals surface area contributed by atoms with E-state index in [2.05, 4.69) is 18.0 Å². The Bertz CT molecular complexity index is 687. The van der Waals surface area contributed by atoms with Gasteiger partial charge in [-0.1, -0.05) is 18.2 Å². The van der Waals surface area contributed by atoms with Gasteiger partial charge in [0.2, 0.25) is 0 Å². The molecule has 0 amide bonds. The Morgan fingerprint density at radius 2 is 1.69 bits per heavy atom. The van der Waals surface area contributed by atoms with Crippen molar-refractivity contribution in [2.75, 3.05) is 5.73 Å². The van der Waals surface area contributed by atoms with Crippen LogP contribution < -0.4 is 5.73 Å². The van der Waals surface area contributed by atoms with Gasteiger partial charge in [0.05, 0.1) is 11.0 Å². The highest BCUT2D eigenvalue weighted by molar-refractivity contribution is 5.98. The molecular formula is C14H12N2. The number of nitrogen functional groups attached to an aromatic ring is 1. The van der Waals surface area contributed by atoms with E-state index in [1.807, 2.05) is 36.4 Å². The van der Waals surface area contributed by atoms with Crippen LogP contribution in [0.1, 0.15) is 5.56 Å². The van der Waals surface area contributed by atoms with Crippen molar-refractivity contribution in [3.8, 4) is 0 Å². The molecule has 0 aliphatic heterocycles. The monoisotopic (exact) mass is 208 g/mol. The zero-order chi connectivity index (χ0) is 11.1. The van der Waals surface area contributed by atoms with Crippen molar-refractivity contribution in [2.24, 2.45) is 0 Å². The summed E-state index contributed by atoms with van der Waals surface area (Å²) in [7, 11) is 0. The van der Waals surface area contributed by atoms with Crippen molar-refractivity contribution in [1.82, 2.24) is 4.98 Å². The number of rotatable bonds is 0. The molecular weight excluding hydrogens is 196 g/mol. The second-order valence-electron chi connectivity index (χ2n) is 4.03. The fraction of sp³-hybridized carbons (Fsp3) is 0.0714. The Kier molecular flexibility index (Phi) is 1.83. The molecule has 0 radical (unpaired) electrons. The van der Waals surface area contributed by atoms with Crippen molar-refractivity contribution in [1.29, 1.82) is 0 Å². The average molecular weight is 208 g/mol. The van der Waals surface area contributed by atoms with Gasteiger partial charge in [-0.3, -0.25) is 0 Å². The standard InChI is InChI=1S/C14H12N2/c1-9-11-4-2-3-5-13(11)16-14-7-6-10(15)8-12(9)14/h2-8H,15H2,1H3. The molecule has 2 N–H and O–H groups in total. The Balaban J connectivity index is 2.56. The van der Waals surface area contributed by atoms with Gasteiger partial charge >= 0.3 is 0 Å². The van der Waals surface area contributed by atoms with E-state index in [-0.39, 0.29) is 0 Å². The predicted molar refractivity (Wildman–Crippen MR) is 68.4 cm³/mol. The number of hydrogen-bond acceptors (Lipinski definition) is 2. The van der Waals surface area contributed by atoms with E-state index in [1.54, 1.807) is 0 Å². The first kappa shape index (κ1) is 9.16. The first-order valence-corrected chi connectivity index (χ1v) is 5.30. The number of nitrogens with zero attached hydrogens (tertiary/aromatic N) is 1. The molecule has 3 aromatic rings. The summed E-state index contributed by atoms with van der Waals surface area (Å²) >= 11 is 0. The maximum absolute atomic E-state index is 5.81. The average Bonchev–Trinajstić information content (AvgIpc) is 2.31. The summed E-state index contributed by atoms with van der Waals surface area (Å²) in [5.74, 6) is 0. The lowest BCUT2D eigenvalue weighted by Gasteiger charge is -2.07. The lowest BCUT2D eigenvalue weighted by molar-refractivity contribution is 1.45. The highest BCUT2D eigenvalue weighted by Gasteiger charge is 2.04. The van der Waals surface area contributed by atoms with Crippen LogP contribution in [-0.4, -0.2) is 4.98 Å². The summed E-state index contributed by atoms with van der Waals surface area (Å²) in [4.78, 5) is 4.62. The van der Waals surface area contributed by atoms with Crippen molar-refractivity contribution >= 4 is 27.5 Å². The molecule has 3 rings (SSSR count). The lowest BCUT2D eigenvalue weighted by atomic mass is 10.0. The Morgan fingerprint density at radius 3 is 2.56 bits per heavy atom. The number of anilines is 1. The number of para-hydroxylation sites is 1. The normalized spacial score (nSPS) is 11.1. The second-order valence-corrected chi connectivity index (χ2v) is 4.03. The van der Waals surface area contributed by atoms with Gasteiger partial charge in [0.25, 0.3) is 0 Å². The molecule has 0 bridgehead atoms. The number of nitrogens with two attached hydrogens (primary N) is 1. The largest absolute Gasteiger partial charge is 0.399 e. The van der Waals surface area contributed by atoms with Crippen LogP contribution in [0.2, 0.25) is 0 Å². The minimum absolute atomic E-state index is 0.785. The smallest absolute Gasteiger partial charge is 0.0713 e. The number of aromatic nitrogens is 1. The molecule has 1 heterocycles. The van der Waals surface area contributed by atoms with Crippen LogP contribution in [-0.2, 0) is 0 Å². The van der Waals surface area contributed by atoms with Crippen LogP contribution in [0.5, 0.6) is 0 Å². The van der Waals surface area contributed by atoms with Crippen LogP contribution in [0, 0.1) is 6.92 Å². The fourth-order valence-electron chi connectivity index (χ4n) is 2.11. The first-order chi connectivity index (χ1) is 7.75. The molecule has 78 valence electrons. The molecule has 1 aromatic heterocycles. The van der Waals surface area contributed by atoms with E-state index in [9.17, 15) is 0 Å². The molecule has 0 spiro atoms. The summed E-state index contributed by atoms with van der Waals surface area (Å²) < 4.78 is 0. The molecule has 16 heavy (non-hydrogen) atoms. The molecule has 2 heteroatoms. The van der Waals surface area contributed by atoms with E-state index in [1.165, 1.54) is 10.9 Å². The van der Waals surface area contributed by atoms with Gasteiger partial charge in [0, 0.05) is 16.5 Å². The van der Waals surface area contributed by atoms with Crippen LogP contribution in [0.3, 0.4) is 0 Å². The highest BCUT2D eigenvalue weighted by Crippen LogP contribution is 2.26. The van der Waals surface area contributed by atoms with Crippen LogP contribution in [0.15, 0.2) is 42.5 Å². The number of aryl methyl sites for hydroxylation is 1. The molecule has 0 fully saturated rings. The van der Waals surface area contributed by atoms with E-state index in [4.69, 9.17) is 5.73 Å². The number of hydrogen-bond donors (Lipinski definition) is 1. The fourth-order valence-corrected chi connectivity index (χ4v) is 2.11. The minimum Gasteiger partial charge on any atom is -0.399 e. The molecule has 0 saturated carbocycles. The molecule has 0 aliphatic carbocycles. The van der Waals surface area contributed by atoms with E-state index < -0.39 is 0 Å². The minimum atomic E-state index is 0.785. The van der Waals surface area contributed by atoms with Gasteiger partial charge in [0.15, 0.2) is 0 Å². The van der Waals surface area contributed by atoms with Crippen molar-refractivity contribution in [3.05, 3.63) is 48.0 Å². The van der Waals surface area contributed by atoms with Crippen molar-refractivity contribution in [2.45, 2.75) is 6.92 Å². The zero-order valence-corrected chi connectivity index (χ0v) is 9.07. The quantitative estimate of drug-likeness (QED) is 0.455. The topological polar surface area (TPSA) is 38.9 Å². The van der Waals surface area contributed by atoms with Crippen LogP contribution in [0.4, 0.5) is 5.69 Å². The molecule has 0 atom stereocenters. The van der Waals surface area contributed by atoms with Crippen molar-refractivity contribution < 1.29 is 0 Å². The Morgan fingerprint density at radius 1 is 0.938 bits per heavy atom. The molecule has 2 nitrogen and oxygen atoms in total. The predicted octanol–water partition coefficient (Wildman–Crippen LogP) is 3.28. The van der Waals surface area contributed by atoms with Gasteiger partial charge in [-0.15, -0.1) is 0 Å². The molecule has 0 aliphatic rings. The van der Waals surface area contributed by atoms with E-state index in [0.29, 0.717) is 0 Å². The summed E-state index contributed by atoms with van der Waals surface area (Å²) in [6.07, 6.45) is 0. The highest BCUT2D eigenvalue weighted by atomic mass is 14.7. The maximum Gasteiger partial charge on any atom is 0.0713 e. The number of pyridine rings is 1. The first-order valence-electron chi connectivity index (χ1n) is 5.30. The second kappa shape index (κ2) is 3.20. The Hall–Kier alpha value is -2.09. The summed E-state index contributed by atoms with van der Waals surface area (Å²) in [6.45, 7) is 2.12. The Labute approximate surface area is 93.7 Å². The third kappa shape index (κ3) is 1.23. The van der Waals surface area contributed by atoms with Crippen LogP contribution >= 0.6 is 0 Å². The third-order valence-electron chi connectivity index (χ3n) is 2.97. The van der Waals surface area contributed by atoms with E-state index >= 15 is 0 Å². The molecule has 0 unspecified atom stereocenters. The van der Waals surface area contributed by atoms with Gasteiger partial charge in [-0.05, 0) is 36.8 Å². The third-order valence-corrected chi connectivity index (χ3v) is 2.97. The van der Waals surface area contributed by atoms with Gasteiger partial charge in [-0.25, -0.2) is 4.98 Å². The number of fused-ring (bicyclic) bond motifs is 2. The van der Waals surface area contributed by atoms with Crippen molar-refractivity contribution in [3.63, 3.8) is 0 Å². The maximum atomic E-state index is 5.81. The number of benzene rings is 2. The lowest BCUT2D eigenvalue weighted by Crippen LogP contribution is -1.90. The van der Waals surface area contributed by atoms with Gasteiger partial charge in [-0.2, -0.15) is 0 Å². The summed E-state index contributed by atoms with van der Waals surface area (Å²) in [6, 6.07) is 14.0. The SMILES string of the molecule is Cc1c2ccccc2nc2ccc(N)cc12. The van der Waals surface area contributed by atoms with Gasteiger partial charge in [0.1, 0.15) is 0 Å². The zero-order valence-electron chi connectivity index (χ0n) is 9.07. The summed E-state index contributed by atoms with van der Waals surface area (Å²) in [5, 5.41) is 2.33. The molecule has 0 saturated heterocycles. The molecule has 2 aromatic carbocycles. The van der Waals surface area contributed by atoms with Gasteiger partial charge < -0.3 is 5.73 Å². The van der Waals surface area contributed by atoms with Crippen LogP contribution in [0.25, 0.3) is 21.8 Å². The van der Waals surface area contributed by atoms with E-state index in [0.717, 1.165) is 22.1 Å².